The fourth-order valence-electron chi connectivity index (χ4n) is 4.05. The summed E-state index contributed by atoms with van der Waals surface area (Å²) in [7, 11) is 0. The van der Waals surface area contributed by atoms with Crippen LogP contribution in [0, 0.1) is 0 Å². The predicted molar refractivity (Wildman–Crippen MR) is 93.2 cm³/mol. The summed E-state index contributed by atoms with van der Waals surface area (Å²) in [6.45, 7) is 3.94. The lowest BCUT2D eigenvalue weighted by Gasteiger charge is -2.39. The molecule has 0 bridgehead atoms. The van der Waals surface area contributed by atoms with Gasteiger partial charge in [0.2, 0.25) is 0 Å². The normalized spacial score (nSPS) is 26.5. The van der Waals surface area contributed by atoms with Crippen LogP contribution in [0.25, 0.3) is 10.8 Å². The maximum Gasteiger partial charge on any atom is 0.254 e. The Morgan fingerprint density at radius 2 is 2.04 bits per heavy atom. The molecule has 1 aliphatic carbocycles. The molecule has 1 saturated carbocycles. The van der Waals surface area contributed by atoms with Crippen LogP contribution in [0.3, 0.4) is 0 Å². The molecule has 0 aromatic heterocycles. The Balaban J connectivity index is 1.58. The van der Waals surface area contributed by atoms with Crippen molar-refractivity contribution in [3.05, 3.63) is 48.0 Å². The Morgan fingerprint density at radius 3 is 2.88 bits per heavy atom. The van der Waals surface area contributed by atoms with E-state index < -0.39 is 0 Å². The minimum Gasteiger partial charge on any atom is -0.376 e. The number of morpholine rings is 1. The van der Waals surface area contributed by atoms with Gasteiger partial charge in [0.25, 0.3) is 5.91 Å². The zero-order valence-corrected chi connectivity index (χ0v) is 14.0. The van der Waals surface area contributed by atoms with Crippen LogP contribution in [0.1, 0.15) is 30.1 Å². The quantitative estimate of drug-likeness (QED) is 0.869. The number of hydrogen-bond donors (Lipinski definition) is 0. The van der Waals surface area contributed by atoms with Crippen molar-refractivity contribution in [3.63, 3.8) is 0 Å². The van der Waals surface area contributed by atoms with Gasteiger partial charge in [-0.05, 0) is 42.7 Å². The molecule has 1 saturated heterocycles. The van der Waals surface area contributed by atoms with Gasteiger partial charge >= 0.3 is 0 Å². The van der Waals surface area contributed by atoms with Gasteiger partial charge < -0.3 is 14.4 Å². The highest BCUT2D eigenvalue weighted by Gasteiger charge is 2.44. The lowest BCUT2D eigenvalue weighted by atomic mass is 10.0. The third-order valence-corrected chi connectivity index (χ3v) is 5.17. The van der Waals surface area contributed by atoms with E-state index in [9.17, 15) is 4.79 Å². The summed E-state index contributed by atoms with van der Waals surface area (Å²) >= 11 is 0. The zero-order chi connectivity index (χ0) is 16.5. The van der Waals surface area contributed by atoms with Gasteiger partial charge in [-0.15, -0.1) is 0 Å². The first-order valence-electron chi connectivity index (χ1n) is 8.81. The average Bonchev–Trinajstić information content (AvgIpc) is 3.04. The Labute approximate surface area is 142 Å². The third kappa shape index (κ3) is 2.70. The lowest BCUT2D eigenvalue weighted by molar-refractivity contribution is -0.102. The number of ether oxygens (including phenoxy) is 2. The molecule has 0 N–H and O–H groups in total. The predicted octanol–water partition coefficient (Wildman–Crippen LogP) is 3.25. The van der Waals surface area contributed by atoms with Gasteiger partial charge in [-0.1, -0.05) is 30.3 Å². The number of carbonyl (C=O) groups excluding carboxylic acids is 1. The minimum absolute atomic E-state index is 0.0168. The lowest BCUT2D eigenvalue weighted by Crippen LogP contribution is -2.53. The van der Waals surface area contributed by atoms with Crippen molar-refractivity contribution in [2.24, 2.45) is 0 Å². The summed E-state index contributed by atoms with van der Waals surface area (Å²) < 4.78 is 11.7. The molecule has 0 spiro atoms. The Morgan fingerprint density at radius 1 is 1.21 bits per heavy atom. The summed E-state index contributed by atoms with van der Waals surface area (Å²) in [5.74, 6) is 0.108. The van der Waals surface area contributed by atoms with Crippen molar-refractivity contribution < 1.29 is 14.3 Å². The maximum absolute atomic E-state index is 13.1. The molecule has 2 aromatic carbocycles. The first kappa shape index (κ1) is 15.6. The number of benzene rings is 2. The molecule has 4 nitrogen and oxygen atoms in total. The average molecular weight is 325 g/mol. The van der Waals surface area contributed by atoms with E-state index in [0.717, 1.165) is 29.2 Å². The molecule has 2 aliphatic rings. The van der Waals surface area contributed by atoms with E-state index in [0.29, 0.717) is 19.8 Å². The van der Waals surface area contributed by atoms with Crippen molar-refractivity contribution in [3.8, 4) is 0 Å². The van der Waals surface area contributed by atoms with Gasteiger partial charge in [-0.25, -0.2) is 0 Å². The highest BCUT2D eigenvalue weighted by atomic mass is 16.5. The van der Waals surface area contributed by atoms with Gasteiger partial charge in [0.1, 0.15) is 6.10 Å². The summed E-state index contributed by atoms with van der Waals surface area (Å²) in [6, 6.07) is 14.2. The molecular weight excluding hydrogens is 302 g/mol. The van der Waals surface area contributed by atoms with Gasteiger partial charge in [0.05, 0.1) is 18.8 Å². The smallest absolute Gasteiger partial charge is 0.254 e. The molecule has 1 heterocycles. The summed E-state index contributed by atoms with van der Waals surface area (Å²) in [5.41, 5.74) is 0.759. The van der Waals surface area contributed by atoms with Crippen LogP contribution in [0.5, 0.6) is 0 Å². The minimum atomic E-state index is 0.0168. The van der Waals surface area contributed by atoms with Crippen molar-refractivity contribution >= 4 is 16.7 Å². The summed E-state index contributed by atoms with van der Waals surface area (Å²) in [6.07, 6.45) is 2.05. The highest BCUT2D eigenvalue weighted by molar-refractivity contribution is 5.98. The van der Waals surface area contributed by atoms with Crippen molar-refractivity contribution in [2.45, 2.75) is 38.0 Å². The molecule has 3 atom stereocenters. The van der Waals surface area contributed by atoms with Crippen LogP contribution < -0.4 is 0 Å². The van der Waals surface area contributed by atoms with E-state index in [2.05, 4.69) is 12.1 Å². The largest absolute Gasteiger partial charge is 0.376 e. The van der Waals surface area contributed by atoms with Crippen LogP contribution in [0.15, 0.2) is 42.5 Å². The molecule has 0 radical (unpaired) electrons. The van der Waals surface area contributed by atoms with Gasteiger partial charge in [-0.3, -0.25) is 4.79 Å². The van der Waals surface area contributed by atoms with E-state index in [1.165, 1.54) is 0 Å². The highest BCUT2D eigenvalue weighted by Crippen LogP contribution is 2.33. The fraction of sp³-hybridized carbons (Fsp3) is 0.450. The second-order valence-corrected chi connectivity index (χ2v) is 6.53. The molecule has 4 rings (SSSR count). The number of fused-ring (bicyclic) bond motifs is 2. The van der Waals surface area contributed by atoms with E-state index >= 15 is 0 Å². The van der Waals surface area contributed by atoms with Crippen molar-refractivity contribution in [1.82, 2.24) is 4.90 Å². The van der Waals surface area contributed by atoms with Crippen molar-refractivity contribution in [2.75, 3.05) is 19.8 Å². The zero-order valence-electron chi connectivity index (χ0n) is 14.0. The maximum atomic E-state index is 13.1. The Kier molecular flexibility index (Phi) is 4.25. The van der Waals surface area contributed by atoms with Crippen molar-refractivity contribution in [1.29, 1.82) is 0 Å². The third-order valence-electron chi connectivity index (χ3n) is 5.17. The van der Waals surface area contributed by atoms with Gasteiger partial charge in [-0.2, -0.15) is 0 Å². The summed E-state index contributed by atoms with van der Waals surface area (Å²) in [5, 5.41) is 2.26. The number of carbonyl (C=O) groups is 1. The second kappa shape index (κ2) is 6.54. The van der Waals surface area contributed by atoms with E-state index in [-0.39, 0.29) is 24.2 Å². The fourth-order valence-corrected chi connectivity index (χ4v) is 4.05. The Bertz CT molecular complexity index is 744. The molecule has 2 aromatic rings. The second-order valence-electron chi connectivity index (χ2n) is 6.53. The summed E-state index contributed by atoms with van der Waals surface area (Å²) in [4.78, 5) is 15.1. The van der Waals surface area contributed by atoms with Gasteiger partial charge in [0.15, 0.2) is 0 Å². The molecular formula is C20H23NO3. The Hall–Kier alpha value is -1.91. The standard InChI is InChI=1S/C20H23NO3/c1-2-23-18-10-9-17-19(18)24-12-11-21(17)20(22)16-8-7-14-5-3-4-6-15(14)13-16/h3-8,13,17-19H,2,9-12H2,1H3/t17-,18-,19+/m1/s1. The molecule has 2 fully saturated rings. The number of amides is 1. The molecule has 1 amide bonds. The topological polar surface area (TPSA) is 38.8 Å². The van der Waals surface area contributed by atoms with Gasteiger partial charge in [0, 0.05) is 18.7 Å². The molecule has 0 unspecified atom stereocenters. The first-order chi connectivity index (χ1) is 11.8. The van der Waals surface area contributed by atoms with Crippen LogP contribution >= 0.6 is 0 Å². The number of hydrogen-bond acceptors (Lipinski definition) is 3. The van der Waals surface area contributed by atoms with Crippen LogP contribution in [-0.4, -0.2) is 48.8 Å². The van der Waals surface area contributed by atoms with Crippen LogP contribution in [-0.2, 0) is 9.47 Å². The number of rotatable bonds is 3. The first-order valence-corrected chi connectivity index (χ1v) is 8.81. The number of nitrogens with zero attached hydrogens (tertiary/aromatic N) is 1. The SMILES string of the molecule is CCO[C@@H]1CC[C@@H]2[C@@H]1OCCN2C(=O)c1ccc2ccccc2c1. The van der Waals surface area contributed by atoms with E-state index in [4.69, 9.17) is 9.47 Å². The molecule has 4 heteroatoms. The van der Waals surface area contributed by atoms with Crippen LogP contribution in [0.2, 0.25) is 0 Å². The molecule has 24 heavy (non-hydrogen) atoms. The molecule has 126 valence electrons. The van der Waals surface area contributed by atoms with E-state index in [1.54, 1.807) is 0 Å². The van der Waals surface area contributed by atoms with E-state index in [1.807, 2.05) is 42.2 Å². The van der Waals surface area contributed by atoms with Crippen LogP contribution in [0.4, 0.5) is 0 Å². The monoisotopic (exact) mass is 325 g/mol. The molecule has 1 aliphatic heterocycles.